The van der Waals surface area contributed by atoms with Crippen LogP contribution in [0, 0.1) is 5.92 Å². The highest BCUT2D eigenvalue weighted by Crippen LogP contribution is 2.34. The molecule has 0 saturated heterocycles. The van der Waals surface area contributed by atoms with E-state index in [0.717, 1.165) is 5.56 Å². The smallest absolute Gasteiger partial charge is 0.140 e. The van der Waals surface area contributed by atoms with Crippen molar-refractivity contribution >= 4 is 17.4 Å². The van der Waals surface area contributed by atoms with Crippen molar-refractivity contribution in [2.45, 2.75) is 33.1 Å². The molecule has 0 radical (unpaired) electrons. The normalized spacial score (nSPS) is 12.6. The highest BCUT2D eigenvalue weighted by atomic mass is 35.5. The van der Waals surface area contributed by atoms with Crippen molar-refractivity contribution in [3.05, 3.63) is 28.8 Å². The zero-order chi connectivity index (χ0) is 13.0. The molecule has 2 nitrogen and oxygen atoms in total. The van der Waals surface area contributed by atoms with Gasteiger partial charge >= 0.3 is 0 Å². The average Bonchev–Trinajstić information content (AvgIpc) is 2.30. The minimum absolute atomic E-state index is 0.126. The summed E-state index contributed by atoms with van der Waals surface area (Å²) in [4.78, 5) is 12.0. The fraction of sp³-hybridized carbons (Fsp3) is 0.500. The van der Waals surface area contributed by atoms with Crippen molar-refractivity contribution in [1.82, 2.24) is 0 Å². The van der Waals surface area contributed by atoms with Crippen LogP contribution in [0.25, 0.3) is 0 Å². The Hall–Kier alpha value is -1.02. The predicted octanol–water partition coefficient (Wildman–Crippen LogP) is 4.07. The van der Waals surface area contributed by atoms with Gasteiger partial charge in [-0.25, -0.2) is 0 Å². The zero-order valence-electron chi connectivity index (χ0n) is 10.8. The molecule has 0 aliphatic carbocycles. The summed E-state index contributed by atoms with van der Waals surface area (Å²) in [5.41, 5.74) is 0.898. The standard InChI is InChI=1S/C14H19ClO2/c1-5-13(16)14(9(2)3)11-7-6-10(17-4)8-12(11)15/h6-9,14H,5H2,1-4H3. The topological polar surface area (TPSA) is 26.3 Å². The van der Waals surface area contributed by atoms with Gasteiger partial charge in [-0.15, -0.1) is 0 Å². The molecule has 1 aromatic carbocycles. The fourth-order valence-corrected chi connectivity index (χ4v) is 2.30. The lowest BCUT2D eigenvalue weighted by molar-refractivity contribution is -0.121. The molecule has 0 bridgehead atoms. The van der Waals surface area contributed by atoms with Crippen LogP contribution >= 0.6 is 11.6 Å². The lowest BCUT2D eigenvalue weighted by Gasteiger charge is -2.21. The Kier molecular flexibility index (Phi) is 5.01. The Morgan fingerprint density at radius 2 is 2.06 bits per heavy atom. The number of ketones is 1. The van der Waals surface area contributed by atoms with Gasteiger partial charge in [-0.3, -0.25) is 4.79 Å². The number of methoxy groups -OCH3 is 1. The molecule has 94 valence electrons. The number of ether oxygens (including phenoxy) is 1. The maximum absolute atomic E-state index is 12.0. The SMILES string of the molecule is CCC(=O)C(c1ccc(OC)cc1Cl)C(C)C. The molecular formula is C14H19ClO2. The van der Waals surface area contributed by atoms with Crippen molar-refractivity contribution < 1.29 is 9.53 Å². The average molecular weight is 255 g/mol. The van der Waals surface area contributed by atoms with Crippen molar-refractivity contribution in [2.24, 2.45) is 5.92 Å². The van der Waals surface area contributed by atoms with Gasteiger partial charge in [-0.1, -0.05) is 38.4 Å². The molecule has 0 aliphatic rings. The highest BCUT2D eigenvalue weighted by molar-refractivity contribution is 6.31. The van der Waals surface area contributed by atoms with E-state index in [1.165, 1.54) is 0 Å². The molecule has 0 N–H and O–H groups in total. The predicted molar refractivity (Wildman–Crippen MR) is 70.9 cm³/mol. The lowest BCUT2D eigenvalue weighted by Crippen LogP contribution is -2.17. The van der Waals surface area contributed by atoms with Crippen molar-refractivity contribution in [1.29, 1.82) is 0 Å². The Bertz CT molecular complexity index is 399. The van der Waals surface area contributed by atoms with E-state index < -0.39 is 0 Å². The Balaban J connectivity index is 3.15. The first kappa shape index (κ1) is 14.0. The van der Waals surface area contributed by atoms with Crippen molar-refractivity contribution in [2.75, 3.05) is 7.11 Å². The molecule has 0 aromatic heterocycles. The molecule has 3 heteroatoms. The molecule has 1 unspecified atom stereocenters. The Labute approximate surface area is 108 Å². The summed E-state index contributed by atoms with van der Waals surface area (Å²) < 4.78 is 5.11. The van der Waals surface area contributed by atoms with Crippen molar-refractivity contribution in [3.8, 4) is 5.75 Å². The summed E-state index contributed by atoms with van der Waals surface area (Å²) in [5, 5.41) is 0.602. The van der Waals surface area contributed by atoms with Crippen molar-refractivity contribution in [3.63, 3.8) is 0 Å². The molecule has 0 saturated carbocycles. The minimum atomic E-state index is -0.126. The highest BCUT2D eigenvalue weighted by Gasteiger charge is 2.24. The second-order valence-electron chi connectivity index (χ2n) is 4.43. The van der Waals surface area contributed by atoms with E-state index >= 15 is 0 Å². The number of Topliss-reactive ketones (excluding diaryl/α,β-unsaturated/α-hetero) is 1. The van der Waals surface area contributed by atoms with Crippen LogP contribution in [-0.4, -0.2) is 12.9 Å². The molecule has 17 heavy (non-hydrogen) atoms. The van der Waals surface area contributed by atoms with Gasteiger partial charge in [0.1, 0.15) is 11.5 Å². The van der Waals surface area contributed by atoms with E-state index in [-0.39, 0.29) is 17.6 Å². The molecule has 1 aromatic rings. The van der Waals surface area contributed by atoms with Gasteiger partial charge in [0.15, 0.2) is 0 Å². The van der Waals surface area contributed by atoms with Gasteiger partial charge < -0.3 is 4.74 Å². The minimum Gasteiger partial charge on any atom is -0.497 e. The van der Waals surface area contributed by atoms with Crippen LogP contribution < -0.4 is 4.74 Å². The summed E-state index contributed by atoms with van der Waals surface area (Å²) in [7, 11) is 1.60. The van der Waals surface area contributed by atoms with E-state index in [2.05, 4.69) is 0 Å². The number of carbonyl (C=O) groups is 1. The number of benzene rings is 1. The van der Waals surface area contributed by atoms with Crippen LogP contribution in [0.3, 0.4) is 0 Å². The number of hydrogen-bond acceptors (Lipinski definition) is 2. The maximum Gasteiger partial charge on any atom is 0.140 e. The van der Waals surface area contributed by atoms with Gasteiger partial charge in [0.25, 0.3) is 0 Å². The maximum atomic E-state index is 12.0. The first-order valence-corrected chi connectivity index (χ1v) is 6.25. The third-order valence-corrected chi connectivity index (χ3v) is 3.23. The third-order valence-electron chi connectivity index (χ3n) is 2.90. The summed E-state index contributed by atoms with van der Waals surface area (Å²) in [6, 6.07) is 5.49. The number of hydrogen-bond donors (Lipinski definition) is 0. The van der Waals surface area contributed by atoms with E-state index in [1.807, 2.05) is 32.9 Å². The number of rotatable bonds is 5. The summed E-state index contributed by atoms with van der Waals surface area (Å²) >= 11 is 6.22. The quantitative estimate of drug-likeness (QED) is 0.792. The lowest BCUT2D eigenvalue weighted by atomic mass is 9.84. The van der Waals surface area contributed by atoms with E-state index in [4.69, 9.17) is 16.3 Å². The Morgan fingerprint density at radius 3 is 2.47 bits per heavy atom. The molecule has 1 rings (SSSR count). The summed E-state index contributed by atoms with van der Waals surface area (Å²) in [6.45, 7) is 5.96. The second-order valence-corrected chi connectivity index (χ2v) is 4.84. The van der Waals surface area contributed by atoms with Crippen LogP contribution in [0.1, 0.15) is 38.7 Å². The second kappa shape index (κ2) is 6.06. The van der Waals surface area contributed by atoms with E-state index in [9.17, 15) is 4.79 Å². The molecular weight excluding hydrogens is 236 g/mol. The summed E-state index contributed by atoms with van der Waals surface area (Å²) in [5.74, 6) is 1.06. The molecule has 0 fully saturated rings. The molecule has 1 atom stereocenters. The first-order chi connectivity index (χ1) is 8.01. The van der Waals surface area contributed by atoms with Gasteiger partial charge in [0, 0.05) is 17.4 Å². The zero-order valence-corrected chi connectivity index (χ0v) is 11.5. The van der Waals surface area contributed by atoms with E-state index in [1.54, 1.807) is 13.2 Å². The largest absolute Gasteiger partial charge is 0.497 e. The first-order valence-electron chi connectivity index (χ1n) is 5.87. The van der Waals surface area contributed by atoms with Gasteiger partial charge in [0.2, 0.25) is 0 Å². The van der Waals surface area contributed by atoms with E-state index in [0.29, 0.717) is 17.2 Å². The third kappa shape index (κ3) is 3.22. The molecule has 0 amide bonds. The van der Waals surface area contributed by atoms with Crippen LogP contribution in [0.15, 0.2) is 18.2 Å². The molecule has 0 spiro atoms. The van der Waals surface area contributed by atoms with Crippen LogP contribution in [0.4, 0.5) is 0 Å². The van der Waals surface area contributed by atoms with Gasteiger partial charge in [-0.05, 0) is 23.6 Å². The van der Waals surface area contributed by atoms with Gasteiger partial charge in [-0.2, -0.15) is 0 Å². The Morgan fingerprint density at radius 1 is 1.41 bits per heavy atom. The number of carbonyl (C=O) groups excluding carboxylic acids is 1. The molecule has 0 heterocycles. The molecule has 0 aliphatic heterocycles. The van der Waals surface area contributed by atoms with Crippen LogP contribution in [0.5, 0.6) is 5.75 Å². The van der Waals surface area contributed by atoms with Crippen LogP contribution in [-0.2, 0) is 4.79 Å². The number of halogens is 1. The monoisotopic (exact) mass is 254 g/mol. The van der Waals surface area contributed by atoms with Crippen LogP contribution in [0.2, 0.25) is 5.02 Å². The van der Waals surface area contributed by atoms with Gasteiger partial charge in [0.05, 0.1) is 7.11 Å². The summed E-state index contributed by atoms with van der Waals surface area (Å²) in [6.07, 6.45) is 0.533. The fourth-order valence-electron chi connectivity index (χ4n) is 2.01.